The van der Waals surface area contributed by atoms with E-state index in [1.807, 2.05) is 50.2 Å². The van der Waals surface area contributed by atoms with Crippen molar-refractivity contribution in [3.8, 4) is 11.6 Å². The zero-order valence-electron chi connectivity index (χ0n) is 14.2. The fourth-order valence-corrected chi connectivity index (χ4v) is 2.41. The summed E-state index contributed by atoms with van der Waals surface area (Å²) in [4.78, 5) is 22.7. The summed E-state index contributed by atoms with van der Waals surface area (Å²) < 4.78 is 5.69. The van der Waals surface area contributed by atoms with E-state index in [9.17, 15) is 4.79 Å². The highest BCUT2D eigenvalue weighted by atomic mass is 16.5. The van der Waals surface area contributed by atoms with Crippen molar-refractivity contribution in [2.45, 2.75) is 13.8 Å². The van der Waals surface area contributed by atoms with Gasteiger partial charge in [0.15, 0.2) is 0 Å². The minimum Gasteiger partial charge on any atom is -0.439 e. The standard InChI is InChI=1S/C20H19N3O2/c1-3-23(17-5-4-12-21-14-17)20(24)16-8-11-19(22-13-16)25-18-9-6-15(2)7-10-18/h4-14H,3H2,1-2H3. The number of carbonyl (C=O) groups excluding carboxylic acids is 1. The summed E-state index contributed by atoms with van der Waals surface area (Å²) >= 11 is 0. The topological polar surface area (TPSA) is 55.3 Å². The van der Waals surface area contributed by atoms with E-state index >= 15 is 0 Å². The molecule has 1 aromatic carbocycles. The normalized spacial score (nSPS) is 10.3. The zero-order chi connectivity index (χ0) is 17.6. The highest BCUT2D eigenvalue weighted by Gasteiger charge is 2.16. The van der Waals surface area contributed by atoms with Crippen LogP contribution in [0.1, 0.15) is 22.8 Å². The maximum absolute atomic E-state index is 12.7. The van der Waals surface area contributed by atoms with Gasteiger partial charge in [0.2, 0.25) is 5.88 Å². The lowest BCUT2D eigenvalue weighted by molar-refractivity contribution is 0.0988. The molecule has 2 aromatic heterocycles. The quantitative estimate of drug-likeness (QED) is 0.700. The van der Waals surface area contributed by atoms with Gasteiger partial charge in [-0.05, 0) is 44.2 Å². The Hall–Kier alpha value is -3.21. The molecule has 0 atom stereocenters. The summed E-state index contributed by atoms with van der Waals surface area (Å²) in [6.45, 7) is 4.49. The molecule has 0 spiro atoms. The summed E-state index contributed by atoms with van der Waals surface area (Å²) in [5.41, 5.74) is 2.42. The molecule has 0 bridgehead atoms. The molecular formula is C20H19N3O2. The van der Waals surface area contributed by atoms with E-state index in [1.165, 1.54) is 6.20 Å². The van der Waals surface area contributed by atoms with E-state index in [1.54, 1.807) is 29.4 Å². The lowest BCUT2D eigenvalue weighted by atomic mass is 10.2. The Morgan fingerprint density at radius 3 is 2.48 bits per heavy atom. The van der Waals surface area contributed by atoms with Gasteiger partial charge in [0.1, 0.15) is 5.75 Å². The van der Waals surface area contributed by atoms with Crippen molar-refractivity contribution in [1.82, 2.24) is 9.97 Å². The molecule has 5 nitrogen and oxygen atoms in total. The molecule has 3 rings (SSSR count). The summed E-state index contributed by atoms with van der Waals surface area (Å²) in [6.07, 6.45) is 4.88. The summed E-state index contributed by atoms with van der Waals surface area (Å²) in [5.74, 6) is 1.04. The average Bonchev–Trinajstić information content (AvgIpc) is 2.66. The Bertz CT molecular complexity index is 831. The van der Waals surface area contributed by atoms with Gasteiger partial charge in [0.25, 0.3) is 5.91 Å². The Morgan fingerprint density at radius 2 is 1.88 bits per heavy atom. The largest absolute Gasteiger partial charge is 0.439 e. The number of rotatable bonds is 5. The van der Waals surface area contributed by atoms with Gasteiger partial charge in [-0.15, -0.1) is 0 Å². The van der Waals surface area contributed by atoms with E-state index in [0.717, 1.165) is 11.3 Å². The third-order valence-electron chi connectivity index (χ3n) is 3.75. The van der Waals surface area contributed by atoms with Crippen LogP contribution in [0.5, 0.6) is 11.6 Å². The van der Waals surface area contributed by atoms with E-state index in [-0.39, 0.29) is 5.91 Å². The number of nitrogens with zero attached hydrogens (tertiary/aromatic N) is 3. The predicted molar refractivity (Wildman–Crippen MR) is 97.1 cm³/mol. The number of carbonyl (C=O) groups is 1. The van der Waals surface area contributed by atoms with Crippen LogP contribution in [0.3, 0.4) is 0 Å². The second-order valence-corrected chi connectivity index (χ2v) is 5.56. The van der Waals surface area contributed by atoms with E-state index < -0.39 is 0 Å². The molecular weight excluding hydrogens is 314 g/mol. The Kier molecular flexibility index (Phi) is 5.04. The fourth-order valence-electron chi connectivity index (χ4n) is 2.41. The second kappa shape index (κ2) is 7.57. The Balaban J connectivity index is 1.74. The fraction of sp³-hybridized carbons (Fsp3) is 0.150. The van der Waals surface area contributed by atoms with Crippen LogP contribution in [-0.4, -0.2) is 22.4 Å². The van der Waals surface area contributed by atoms with Crippen molar-refractivity contribution in [1.29, 1.82) is 0 Å². The maximum Gasteiger partial charge on any atom is 0.259 e. The van der Waals surface area contributed by atoms with Gasteiger partial charge in [-0.3, -0.25) is 9.78 Å². The molecule has 1 amide bonds. The maximum atomic E-state index is 12.7. The zero-order valence-corrected chi connectivity index (χ0v) is 14.2. The van der Waals surface area contributed by atoms with Crippen molar-refractivity contribution in [3.63, 3.8) is 0 Å². The van der Waals surface area contributed by atoms with Gasteiger partial charge in [-0.25, -0.2) is 4.98 Å². The third-order valence-corrected chi connectivity index (χ3v) is 3.75. The van der Waals surface area contributed by atoms with Crippen LogP contribution < -0.4 is 9.64 Å². The Morgan fingerprint density at radius 1 is 1.08 bits per heavy atom. The molecule has 0 fully saturated rings. The first-order chi connectivity index (χ1) is 12.2. The summed E-state index contributed by atoms with van der Waals surface area (Å²) in [6, 6.07) is 14.8. The third kappa shape index (κ3) is 4.01. The minimum atomic E-state index is -0.120. The molecule has 0 saturated heterocycles. The second-order valence-electron chi connectivity index (χ2n) is 5.56. The van der Waals surface area contributed by atoms with Crippen LogP contribution in [0.2, 0.25) is 0 Å². The van der Waals surface area contributed by atoms with Crippen LogP contribution in [0.15, 0.2) is 67.1 Å². The smallest absolute Gasteiger partial charge is 0.259 e. The van der Waals surface area contributed by atoms with Crippen LogP contribution in [0.4, 0.5) is 5.69 Å². The number of ether oxygens (including phenoxy) is 1. The number of pyridine rings is 2. The molecule has 0 saturated carbocycles. The first kappa shape index (κ1) is 16.6. The molecule has 126 valence electrons. The highest BCUT2D eigenvalue weighted by Crippen LogP contribution is 2.21. The van der Waals surface area contributed by atoms with Crippen molar-refractivity contribution in [3.05, 3.63) is 78.2 Å². The predicted octanol–water partition coefficient (Wildman–Crippen LogP) is 4.24. The first-order valence-electron chi connectivity index (χ1n) is 8.10. The number of benzene rings is 1. The number of hydrogen-bond acceptors (Lipinski definition) is 4. The lowest BCUT2D eigenvalue weighted by Crippen LogP contribution is -2.30. The average molecular weight is 333 g/mol. The van der Waals surface area contributed by atoms with E-state index in [4.69, 9.17) is 4.74 Å². The van der Waals surface area contributed by atoms with Crippen LogP contribution in [0, 0.1) is 6.92 Å². The van der Waals surface area contributed by atoms with Gasteiger partial charge in [0.05, 0.1) is 17.4 Å². The molecule has 0 aliphatic rings. The molecule has 0 aliphatic heterocycles. The van der Waals surface area contributed by atoms with Crippen molar-refractivity contribution in [2.75, 3.05) is 11.4 Å². The first-order valence-corrected chi connectivity index (χ1v) is 8.10. The monoisotopic (exact) mass is 333 g/mol. The molecule has 5 heteroatoms. The number of amides is 1. The van der Waals surface area contributed by atoms with Crippen LogP contribution in [-0.2, 0) is 0 Å². The van der Waals surface area contributed by atoms with Crippen LogP contribution in [0.25, 0.3) is 0 Å². The number of aryl methyl sites for hydroxylation is 1. The van der Waals surface area contributed by atoms with Crippen LogP contribution >= 0.6 is 0 Å². The number of anilines is 1. The molecule has 0 N–H and O–H groups in total. The van der Waals surface area contributed by atoms with Crippen molar-refractivity contribution in [2.24, 2.45) is 0 Å². The molecule has 2 heterocycles. The highest BCUT2D eigenvalue weighted by molar-refractivity contribution is 6.05. The molecule has 0 unspecified atom stereocenters. The molecule has 0 aliphatic carbocycles. The van der Waals surface area contributed by atoms with Gasteiger partial charge in [-0.2, -0.15) is 0 Å². The minimum absolute atomic E-state index is 0.120. The van der Waals surface area contributed by atoms with Gasteiger partial charge < -0.3 is 9.64 Å². The van der Waals surface area contributed by atoms with Gasteiger partial charge >= 0.3 is 0 Å². The van der Waals surface area contributed by atoms with Crippen molar-refractivity contribution >= 4 is 11.6 Å². The molecule has 25 heavy (non-hydrogen) atoms. The molecule has 0 radical (unpaired) electrons. The number of hydrogen-bond donors (Lipinski definition) is 0. The van der Waals surface area contributed by atoms with E-state index in [2.05, 4.69) is 9.97 Å². The Labute approximate surface area is 146 Å². The number of aromatic nitrogens is 2. The van der Waals surface area contributed by atoms with Gasteiger partial charge in [0, 0.05) is 25.0 Å². The van der Waals surface area contributed by atoms with E-state index in [0.29, 0.717) is 23.7 Å². The summed E-state index contributed by atoms with van der Waals surface area (Å²) in [7, 11) is 0. The summed E-state index contributed by atoms with van der Waals surface area (Å²) in [5, 5.41) is 0. The molecule has 3 aromatic rings. The SMILES string of the molecule is CCN(C(=O)c1ccc(Oc2ccc(C)cc2)nc1)c1cccnc1. The van der Waals surface area contributed by atoms with Gasteiger partial charge in [-0.1, -0.05) is 17.7 Å². The lowest BCUT2D eigenvalue weighted by Gasteiger charge is -2.20. The van der Waals surface area contributed by atoms with Crippen molar-refractivity contribution < 1.29 is 9.53 Å².